The van der Waals surface area contributed by atoms with Gasteiger partial charge in [0.25, 0.3) is 10.1 Å². The highest BCUT2D eigenvalue weighted by atomic mass is 32.2. The van der Waals surface area contributed by atoms with E-state index in [0.717, 1.165) is 37.7 Å². The lowest BCUT2D eigenvalue weighted by Crippen LogP contribution is -2.46. The van der Waals surface area contributed by atoms with E-state index in [1.54, 1.807) is 18.3 Å². The largest absolute Gasteiger partial charge is 0.368 e. The molecule has 22 heavy (non-hydrogen) atoms. The number of hydrogen-bond acceptors (Lipinski definition) is 5. The van der Waals surface area contributed by atoms with E-state index in [0.29, 0.717) is 0 Å². The first-order valence-electron chi connectivity index (χ1n) is 7.02. The molecule has 0 aliphatic carbocycles. The van der Waals surface area contributed by atoms with Crippen molar-refractivity contribution in [2.24, 2.45) is 0 Å². The van der Waals surface area contributed by atoms with E-state index in [-0.39, 0.29) is 4.90 Å². The molecule has 0 radical (unpaired) electrons. The van der Waals surface area contributed by atoms with Gasteiger partial charge >= 0.3 is 0 Å². The first-order chi connectivity index (χ1) is 10.5. The summed E-state index contributed by atoms with van der Waals surface area (Å²) in [6.07, 6.45) is 1.79. The molecule has 0 saturated carbocycles. The fraction of sp³-hybridized carbons (Fsp3) is 0.267. The molecule has 1 fully saturated rings. The SMILES string of the molecule is O=S(=O)(O)c1ccc(N2CCN(c3ccccn3)CC2)cc1. The van der Waals surface area contributed by atoms with Gasteiger partial charge in [0.1, 0.15) is 5.82 Å². The summed E-state index contributed by atoms with van der Waals surface area (Å²) in [4.78, 5) is 8.68. The van der Waals surface area contributed by atoms with Crippen LogP contribution in [0.4, 0.5) is 11.5 Å². The van der Waals surface area contributed by atoms with Crippen LogP contribution in [0.3, 0.4) is 0 Å². The second kappa shape index (κ2) is 5.94. The lowest BCUT2D eigenvalue weighted by atomic mass is 10.2. The highest BCUT2D eigenvalue weighted by Crippen LogP contribution is 2.21. The van der Waals surface area contributed by atoms with Crippen LogP contribution in [0.1, 0.15) is 0 Å². The molecule has 0 amide bonds. The van der Waals surface area contributed by atoms with Crippen molar-refractivity contribution in [3.05, 3.63) is 48.7 Å². The van der Waals surface area contributed by atoms with E-state index >= 15 is 0 Å². The summed E-state index contributed by atoms with van der Waals surface area (Å²) in [5.74, 6) is 0.976. The Labute approximate surface area is 129 Å². The predicted octanol–water partition coefficient (Wildman–Crippen LogP) is 1.65. The molecule has 0 atom stereocenters. The van der Waals surface area contributed by atoms with Gasteiger partial charge in [0.15, 0.2) is 0 Å². The maximum absolute atomic E-state index is 11.0. The molecule has 1 N–H and O–H groups in total. The lowest BCUT2D eigenvalue weighted by molar-refractivity contribution is 0.483. The summed E-state index contributed by atoms with van der Waals surface area (Å²) >= 11 is 0. The van der Waals surface area contributed by atoms with Crippen molar-refractivity contribution in [2.45, 2.75) is 4.90 Å². The zero-order valence-corrected chi connectivity index (χ0v) is 12.8. The average molecular weight is 319 g/mol. The van der Waals surface area contributed by atoms with Gasteiger partial charge in [0.05, 0.1) is 4.90 Å². The minimum absolute atomic E-state index is 0.0802. The van der Waals surface area contributed by atoms with E-state index in [1.807, 2.05) is 18.2 Å². The summed E-state index contributed by atoms with van der Waals surface area (Å²) in [6.45, 7) is 3.39. The maximum Gasteiger partial charge on any atom is 0.294 e. The second-order valence-electron chi connectivity index (χ2n) is 5.13. The third-order valence-corrected chi connectivity index (χ3v) is 4.62. The molecule has 6 nitrogen and oxygen atoms in total. The molecule has 1 aliphatic rings. The van der Waals surface area contributed by atoms with Crippen LogP contribution in [-0.4, -0.2) is 44.1 Å². The topological polar surface area (TPSA) is 73.7 Å². The quantitative estimate of drug-likeness (QED) is 0.867. The second-order valence-corrected chi connectivity index (χ2v) is 6.55. The minimum atomic E-state index is -4.13. The Hall–Kier alpha value is -2.12. The van der Waals surface area contributed by atoms with Crippen LogP contribution in [0.5, 0.6) is 0 Å². The number of nitrogens with zero attached hydrogens (tertiary/aromatic N) is 3. The van der Waals surface area contributed by atoms with Gasteiger partial charge in [-0.2, -0.15) is 8.42 Å². The van der Waals surface area contributed by atoms with Gasteiger partial charge in [-0.1, -0.05) is 6.07 Å². The Morgan fingerprint density at radius 2 is 1.55 bits per heavy atom. The van der Waals surface area contributed by atoms with E-state index in [4.69, 9.17) is 4.55 Å². The highest BCUT2D eigenvalue weighted by Gasteiger charge is 2.18. The smallest absolute Gasteiger partial charge is 0.294 e. The molecular weight excluding hydrogens is 302 g/mol. The van der Waals surface area contributed by atoms with Crippen LogP contribution >= 0.6 is 0 Å². The number of aromatic nitrogens is 1. The van der Waals surface area contributed by atoms with Crippen LogP contribution in [0.25, 0.3) is 0 Å². The summed E-state index contributed by atoms with van der Waals surface area (Å²) in [7, 11) is -4.13. The number of anilines is 2. The van der Waals surface area contributed by atoms with Gasteiger partial charge in [0.2, 0.25) is 0 Å². The lowest BCUT2D eigenvalue weighted by Gasteiger charge is -2.36. The fourth-order valence-electron chi connectivity index (χ4n) is 2.56. The Morgan fingerprint density at radius 1 is 0.909 bits per heavy atom. The molecule has 1 aromatic heterocycles. The van der Waals surface area contributed by atoms with Crippen LogP contribution in [0, 0.1) is 0 Å². The first kappa shape index (κ1) is 14.8. The van der Waals surface area contributed by atoms with Gasteiger partial charge < -0.3 is 9.80 Å². The van der Waals surface area contributed by atoms with Gasteiger partial charge in [-0.3, -0.25) is 4.55 Å². The molecule has 1 aromatic carbocycles. The number of hydrogen-bond donors (Lipinski definition) is 1. The third-order valence-electron chi connectivity index (χ3n) is 3.75. The molecular formula is C15H17N3O3S. The number of pyridine rings is 1. The average Bonchev–Trinajstić information content (AvgIpc) is 2.55. The maximum atomic E-state index is 11.0. The van der Waals surface area contributed by atoms with Crippen molar-refractivity contribution >= 4 is 21.6 Å². The third kappa shape index (κ3) is 3.20. The van der Waals surface area contributed by atoms with Crippen molar-refractivity contribution in [3.8, 4) is 0 Å². The molecule has 0 unspecified atom stereocenters. The van der Waals surface area contributed by atoms with E-state index < -0.39 is 10.1 Å². The Morgan fingerprint density at radius 3 is 2.09 bits per heavy atom. The van der Waals surface area contributed by atoms with Gasteiger partial charge in [-0.25, -0.2) is 4.98 Å². The van der Waals surface area contributed by atoms with Crippen LogP contribution in [0.2, 0.25) is 0 Å². The van der Waals surface area contributed by atoms with Crippen molar-refractivity contribution in [1.29, 1.82) is 0 Å². The molecule has 1 saturated heterocycles. The highest BCUT2D eigenvalue weighted by molar-refractivity contribution is 7.85. The van der Waals surface area contributed by atoms with E-state index in [1.165, 1.54) is 12.1 Å². The summed E-state index contributed by atoms with van der Waals surface area (Å²) in [5, 5.41) is 0. The predicted molar refractivity (Wildman–Crippen MR) is 84.9 cm³/mol. The van der Waals surface area contributed by atoms with Crippen molar-refractivity contribution < 1.29 is 13.0 Å². The van der Waals surface area contributed by atoms with Crippen LogP contribution in [-0.2, 0) is 10.1 Å². The molecule has 0 spiro atoms. The molecule has 3 rings (SSSR count). The Balaban J connectivity index is 1.66. The molecule has 2 heterocycles. The summed E-state index contributed by atoms with van der Waals surface area (Å²) in [6, 6.07) is 12.2. The summed E-state index contributed by atoms with van der Waals surface area (Å²) < 4.78 is 31.1. The van der Waals surface area contributed by atoms with Crippen molar-refractivity contribution in [1.82, 2.24) is 4.98 Å². The Kier molecular flexibility index (Phi) is 4.00. The van der Waals surface area contributed by atoms with Gasteiger partial charge in [-0.15, -0.1) is 0 Å². The monoisotopic (exact) mass is 319 g/mol. The Bertz CT molecular complexity index is 724. The van der Waals surface area contributed by atoms with E-state index in [2.05, 4.69) is 14.8 Å². The van der Waals surface area contributed by atoms with Gasteiger partial charge in [-0.05, 0) is 36.4 Å². The first-order valence-corrected chi connectivity index (χ1v) is 8.46. The number of piperazine rings is 1. The molecule has 0 bridgehead atoms. The van der Waals surface area contributed by atoms with Crippen molar-refractivity contribution in [3.63, 3.8) is 0 Å². The van der Waals surface area contributed by atoms with Crippen molar-refractivity contribution in [2.75, 3.05) is 36.0 Å². The van der Waals surface area contributed by atoms with Gasteiger partial charge in [0, 0.05) is 38.1 Å². The summed E-state index contributed by atoms with van der Waals surface area (Å²) in [5.41, 5.74) is 0.952. The zero-order chi connectivity index (χ0) is 15.6. The normalized spacial score (nSPS) is 15.9. The number of benzene rings is 1. The van der Waals surface area contributed by atoms with Crippen LogP contribution < -0.4 is 9.80 Å². The standard InChI is InChI=1S/C15H17N3O3S/c19-22(20,21)14-6-4-13(5-7-14)17-9-11-18(12-10-17)15-3-1-2-8-16-15/h1-8H,9-12H2,(H,19,20,21). The fourth-order valence-corrected chi connectivity index (χ4v) is 3.04. The molecule has 2 aromatic rings. The minimum Gasteiger partial charge on any atom is -0.368 e. The molecule has 7 heteroatoms. The zero-order valence-electron chi connectivity index (χ0n) is 12.0. The van der Waals surface area contributed by atoms with Crippen LogP contribution in [0.15, 0.2) is 53.6 Å². The number of rotatable bonds is 3. The molecule has 116 valence electrons. The van der Waals surface area contributed by atoms with E-state index in [9.17, 15) is 8.42 Å². The molecule has 1 aliphatic heterocycles.